The molecule has 0 saturated heterocycles. The molecule has 0 aliphatic carbocycles. The lowest BCUT2D eigenvalue weighted by Crippen LogP contribution is -2.36. The number of azide groups is 1. The second kappa shape index (κ2) is 8.96. The van der Waals surface area contributed by atoms with Gasteiger partial charge in [-0.2, -0.15) is 0 Å². The number of aliphatic hydroxyl groups excluding tert-OH is 1. The summed E-state index contributed by atoms with van der Waals surface area (Å²) in [5, 5.41) is 35.6. The van der Waals surface area contributed by atoms with Gasteiger partial charge in [-0.05, 0) is 5.53 Å². The van der Waals surface area contributed by atoms with E-state index in [4.69, 9.17) is 21.2 Å². The smallest absolute Gasteiger partial charge is 0.454 e. The summed E-state index contributed by atoms with van der Waals surface area (Å²) in [6.07, 6.45) is 0. The number of hydrogen-bond acceptors (Lipinski definition) is 6. The fourth-order valence-corrected chi connectivity index (χ4v) is 0.221. The Morgan fingerprint density at radius 3 is 2.33 bits per heavy atom. The Morgan fingerprint density at radius 2 is 2.25 bits per heavy atom. The fourth-order valence-electron chi connectivity index (χ4n) is 0.221. The van der Waals surface area contributed by atoms with E-state index in [0.29, 0.717) is 0 Å². The average molecular weight is 175 g/mol. The van der Waals surface area contributed by atoms with Gasteiger partial charge in [0.05, 0.1) is 12.6 Å². The van der Waals surface area contributed by atoms with E-state index in [0.717, 1.165) is 0 Å². The van der Waals surface area contributed by atoms with Crippen LogP contribution in [-0.4, -0.2) is 28.9 Å². The molecule has 0 unspecified atom stereocenters. The van der Waals surface area contributed by atoms with Gasteiger partial charge < -0.3 is 15.0 Å². The number of carbonyl (C=O) groups is 1. The van der Waals surface area contributed by atoms with Crippen molar-refractivity contribution >= 4 is 5.97 Å². The predicted octanol–water partition coefficient (Wildman–Crippen LogP) is -1.36. The van der Waals surface area contributed by atoms with Gasteiger partial charge in [0.2, 0.25) is 0 Å². The lowest BCUT2D eigenvalue weighted by atomic mass is 10.3. The van der Waals surface area contributed by atoms with Gasteiger partial charge in [-0.25, -0.2) is 0 Å². The second-order valence-electron chi connectivity index (χ2n) is 1.31. The molecule has 0 radical (unpaired) electrons. The number of aliphatic carboxylic acids is 1. The van der Waals surface area contributed by atoms with Gasteiger partial charge in [-0.3, -0.25) is 0 Å². The maximum absolute atomic E-state index is 9.78. The van der Waals surface area contributed by atoms with E-state index in [1.807, 2.05) is 0 Å². The van der Waals surface area contributed by atoms with Crippen LogP contribution < -0.4 is 5.11 Å². The maximum Gasteiger partial charge on any atom is 0.454 e. The Hall–Kier alpha value is -2.04. The van der Waals surface area contributed by atoms with Crippen molar-refractivity contribution in [3.8, 4) is 0 Å². The van der Waals surface area contributed by atoms with Gasteiger partial charge in [0.25, 0.3) is 5.39 Å². The number of rotatable bonds is 3. The highest BCUT2D eigenvalue weighted by atomic mass is 16.4. The van der Waals surface area contributed by atoms with Gasteiger partial charge in [-0.1, -0.05) is 5.11 Å². The number of carboxylic acids is 1. The average Bonchev–Trinajstić information content (AvgIpc) is 2.01. The van der Waals surface area contributed by atoms with E-state index in [2.05, 4.69) is 10.0 Å². The lowest BCUT2D eigenvalue weighted by Gasteiger charge is -2.05. The van der Waals surface area contributed by atoms with Crippen LogP contribution in [0.25, 0.3) is 15.6 Å². The van der Waals surface area contributed by atoms with Gasteiger partial charge in [-0.15, -0.1) is 5.21 Å². The maximum atomic E-state index is 9.78. The SMILES string of the molecule is N#[N+]O.[N-]=[N+]=N[C@@H](CO)C(=O)[O-]. The summed E-state index contributed by atoms with van der Waals surface area (Å²) in [6, 6.07) is -1.46. The van der Waals surface area contributed by atoms with Crippen LogP contribution in [0, 0.1) is 5.39 Å². The first-order valence-electron chi connectivity index (χ1n) is 2.48. The molecule has 0 aliphatic heterocycles. The monoisotopic (exact) mass is 175 g/mol. The van der Waals surface area contributed by atoms with Crippen molar-refractivity contribution in [1.82, 2.24) is 0 Å². The van der Waals surface area contributed by atoms with Crippen molar-refractivity contribution in [1.29, 1.82) is 5.39 Å². The van der Waals surface area contributed by atoms with E-state index < -0.39 is 18.6 Å². The Kier molecular flexibility index (Phi) is 9.42. The molecule has 0 aromatic heterocycles. The van der Waals surface area contributed by atoms with Gasteiger partial charge in [0.1, 0.15) is 6.04 Å². The molecule has 0 rings (SSSR count). The molecule has 0 aliphatic rings. The Morgan fingerprint density at radius 1 is 1.83 bits per heavy atom. The molecule has 9 heteroatoms. The van der Waals surface area contributed by atoms with E-state index in [-0.39, 0.29) is 0 Å². The first kappa shape index (κ1) is 12.6. The van der Waals surface area contributed by atoms with Crippen LogP contribution in [-0.2, 0) is 4.79 Å². The molecule has 0 fully saturated rings. The number of carbonyl (C=O) groups excluding carboxylic acids is 1. The molecule has 9 nitrogen and oxygen atoms in total. The summed E-state index contributed by atoms with van der Waals surface area (Å²) >= 11 is 0. The Balaban J connectivity index is 0. The number of diazo groups is 1. The highest BCUT2D eigenvalue weighted by Crippen LogP contribution is 1.86. The van der Waals surface area contributed by atoms with Gasteiger partial charge in [0.15, 0.2) is 0 Å². The molecule has 12 heavy (non-hydrogen) atoms. The molecule has 0 aromatic rings. The zero-order valence-electron chi connectivity index (χ0n) is 5.73. The van der Waals surface area contributed by atoms with Crippen LogP contribution in [0.15, 0.2) is 5.11 Å². The summed E-state index contributed by atoms with van der Waals surface area (Å²) in [5.41, 5.74) is 7.67. The van der Waals surface area contributed by atoms with Crippen molar-refractivity contribution in [3.63, 3.8) is 0 Å². The molecular weight excluding hydrogens is 170 g/mol. The van der Waals surface area contributed by atoms with Crippen molar-refractivity contribution in [2.24, 2.45) is 5.11 Å². The van der Waals surface area contributed by atoms with Crippen molar-refractivity contribution in [2.75, 3.05) is 6.61 Å². The first-order chi connectivity index (χ1) is 5.63. The summed E-state index contributed by atoms with van der Waals surface area (Å²) in [4.78, 5) is 12.0. The number of hydrogen-bond donors (Lipinski definition) is 2. The predicted molar refractivity (Wildman–Crippen MR) is 31.9 cm³/mol. The first-order valence-corrected chi connectivity index (χ1v) is 2.48. The normalized spacial score (nSPS) is 9.33. The van der Waals surface area contributed by atoms with Crippen molar-refractivity contribution in [2.45, 2.75) is 6.04 Å². The standard InChI is InChI=1S/C3H5N3O3.N2O/c4-6-5-2(1-7)3(8)9;1-2-3/h2,7H,1H2,(H,8,9);/t2-;/m0./s1. The number of nitrogens with zero attached hydrogens (tertiary/aromatic N) is 5. The fraction of sp³-hybridized carbons (Fsp3) is 0.667. The summed E-state index contributed by atoms with van der Waals surface area (Å²) in [7, 11) is 0. The van der Waals surface area contributed by atoms with Gasteiger partial charge >= 0.3 is 5.14 Å². The summed E-state index contributed by atoms with van der Waals surface area (Å²) < 4.78 is 0. The molecule has 1 atom stereocenters. The van der Waals surface area contributed by atoms with Gasteiger partial charge in [0, 0.05) is 4.91 Å². The second-order valence-corrected chi connectivity index (χ2v) is 1.31. The minimum absolute atomic E-state index is 0.730. The van der Waals surface area contributed by atoms with Crippen molar-refractivity contribution < 1.29 is 20.2 Å². The minimum Gasteiger partial charge on any atom is -0.550 e. The quantitative estimate of drug-likeness (QED) is 0.178. The molecule has 2 N–H and O–H groups in total. The van der Waals surface area contributed by atoms with E-state index in [1.54, 1.807) is 0 Å². The van der Waals surface area contributed by atoms with Crippen molar-refractivity contribution in [3.05, 3.63) is 15.6 Å². The third-order valence-electron chi connectivity index (χ3n) is 0.636. The number of aliphatic hydroxyl groups is 1. The molecule has 0 bridgehead atoms. The van der Waals surface area contributed by atoms with Crippen LogP contribution >= 0.6 is 0 Å². The third-order valence-corrected chi connectivity index (χ3v) is 0.636. The molecule has 0 aromatic carbocycles. The summed E-state index contributed by atoms with van der Waals surface area (Å²) in [5.74, 6) is -1.57. The zero-order valence-corrected chi connectivity index (χ0v) is 5.73. The van der Waals surface area contributed by atoms with E-state index in [1.165, 1.54) is 5.14 Å². The highest BCUT2D eigenvalue weighted by molar-refractivity contribution is 5.71. The highest BCUT2D eigenvalue weighted by Gasteiger charge is 2.02. The largest absolute Gasteiger partial charge is 0.550 e. The molecular formula is C3H5N5O4. The minimum atomic E-state index is -1.57. The van der Waals surface area contributed by atoms with Crippen LogP contribution in [0.1, 0.15) is 0 Å². The number of carboxylic acid groups (broad SMARTS) is 1. The lowest BCUT2D eigenvalue weighted by molar-refractivity contribution is -0.308. The molecule has 66 valence electrons. The zero-order chi connectivity index (χ0) is 9.98. The van der Waals surface area contributed by atoms with Crippen LogP contribution in [0.3, 0.4) is 0 Å². The molecule has 0 amide bonds. The molecule has 0 spiro atoms. The summed E-state index contributed by atoms with van der Waals surface area (Å²) in [6.45, 7) is -0.730. The molecule has 0 heterocycles. The topological polar surface area (TPSA) is 158 Å². The van der Waals surface area contributed by atoms with Crippen LogP contribution in [0.5, 0.6) is 0 Å². The third kappa shape index (κ3) is 7.96. The van der Waals surface area contributed by atoms with Crippen LogP contribution in [0.2, 0.25) is 0 Å². The van der Waals surface area contributed by atoms with E-state index in [9.17, 15) is 9.90 Å². The Bertz CT molecular complexity index is 213. The van der Waals surface area contributed by atoms with Crippen LogP contribution in [0.4, 0.5) is 0 Å². The molecule has 0 saturated carbocycles. The Labute approximate surface area is 66.1 Å². The van der Waals surface area contributed by atoms with E-state index >= 15 is 0 Å².